The zero-order chi connectivity index (χ0) is 16.5. The normalized spacial score (nSPS) is 31.2. The van der Waals surface area contributed by atoms with Crippen LogP contribution in [0.2, 0.25) is 0 Å². The van der Waals surface area contributed by atoms with Crippen molar-refractivity contribution in [1.29, 1.82) is 0 Å². The molecule has 130 valence electrons. The highest BCUT2D eigenvalue weighted by Gasteiger charge is 2.23. The Morgan fingerprint density at radius 3 is 1.33 bits per heavy atom. The van der Waals surface area contributed by atoms with Gasteiger partial charge in [-0.1, -0.05) is 39.5 Å². The van der Waals surface area contributed by atoms with Gasteiger partial charge in [-0.3, -0.25) is 0 Å². The fraction of sp³-hybridized carbons (Fsp3) is 0.636. The van der Waals surface area contributed by atoms with Crippen LogP contribution >= 0.6 is 22.7 Å². The molecular formula is C22H30S2. The van der Waals surface area contributed by atoms with E-state index in [9.17, 15) is 0 Å². The van der Waals surface area contributed by atoms with Crippen LogP contribution in [0.1, 0.15) is 86.8 Å². The molecule has 0 N–H and O–H groups in total. The topological polar surface area (TPSA) is 0 Å². The Hall–Kier alpha value is -0.600. The van der Waals surface area contributed by atoms with Crippen LogP contribution in [0.4, 0.5) is 0 Å². The Balaban J connectivity index is 1.45. The van der Waals surface area contributed by atoms with Gasteiger partial charge < -0.3 is 0 Å². The van der Waals surface area contributed by atoms with Crippen LogP contribution in [0.3, 0.4) is 0 Å². The first-order valence-electron chi connectivity index (χ1n) is 9.89. The molecule has 2 aliphatic carbocycles. The zero-order valence-corrected chi connectivity index (χ0v) is 16.7. The van der Waals surface area contributed by atoms with Gasteiger partial charge in [-0.15, -0.1) is 22.7 Å². The van der Waals surface area contributed by atoms with Crippen molar-refractivity contribution in [2.24, 2.45) is 11.8 Å². The van der Waals surface area contributed by atoms with E-state index in [1.807, 2.05) is 0 Å². The van der Waals surface area contributed by atoms with Crippen molar-refractivity contribution in [3.63, 3.8) is 0 Å². The van der Waals surface area contributed by atoms with Crippen LogP contribution < -0.4 is 0 Å². The molecule has 0 nitrogen and oxygen atoms in total. The molecule has 0 aromatic carbocycles. The second kappa shape index (κ2) is 7.33. The average Bonchev–Trinajstić information content (AvgIpc) is 3.25. The Kier molecular flexibility index (Phi) is 5.15. The fourth-order valence-corrected chi connectivity index (χ4v) is 6.94. The van der Waals surface area contributed by atoms with Crippen LogP contribution in [0.25, 0.3) is 9.75 Å². The maximum absolute atomic E-state index is 2.42. The smallest absolute Gasteiger partial charge is 0.0445 e. The van der Waals surface area contributed by atoms with Gasteiger partial charge in [-0.2, -0.15) is 0 Å². The standard InChI is InChI=1S/C22H30S2/c1-15-3-7-17(8-4-15)19-11-13-21(23-19)22-14-12-20(24-22)18-9-5-16(2)6-10-18/h11-18H,3-10H2,1-2H3. The molecule has 2 heterocycles. The molecule has 24 heavy (non-hydrogen) atoms. The highest BCUT2D eigenvalue weighted by Crippen LogP contribution is 2.44. The molecule has 4 rings (SSSR count). The zero-order valence-electron chi connectivity index (χ0n) is 15.1. The van der Waals surface area contributed by atoms with Gasteiger partial charge in [0.1, 0.15) is 0 Å². The molecule has 2 aromatic heterocycles. The largest absolute Gasteiger partial charge is 0.139 e. The minimum atomic E-state index is 0.833. The number of rotatable bonds is 3. The fourth-order valence-electron chi connectivity index (χ4n) is 4.50. The summed E-state index contributed by atoms with van der Waals surface area (Å²) in [6.07, 6.45) is 11.3. The summed E-state index contributed by atoms with van der Waals surface area (Å²) in [5.74, 6) is 3.55. The third-order valence-electron chi connectivity index (χ3n) is 6.33. The number of hydrogen-bond acceptors (Lipinski definition) is 2. The summed E-state index contributed by atoms with van der Waals surface area (Å²) in [5, 5.41) is 0. The van der Waals surface area contributed by atoms with E-state index in [0.717, 1.165) is 23.7 Å². The van der Waals surface area contributed by atoms with Gasteiger partial charge >= 0.3 is 0 Å². The first-order chi connectivity index (χ1) is 11.7. The maximum Gasteiger partial charge on any atom is 0.0445 e. The summed E-state index contributed by atoms with van der Waals surface area (Å²) in [4.78, 5) is 6.28. The molecule has 0 radical (unpaired) electrons. The molecule has 2 heteroatoms. The highest BCUT2D eigenvalue weighted by molar-refractivity contribution is 7.22. The monoisotopic (exact) mass is 358 g/mol. The first-order valence-corrected chi connectivity index (χ1v) is 11.5. The van der Waals surface area contributed by atoms with Gasteiger partial charge in [0.2, 0.25) is 0 Å². The van der Waals surface area contributed by atoms with Gasteiger partial charge in [0.05, 0.1) is 0 Å². The van der Waals surface area contributed by atoms with E-state index in [2.05, 4.69) is 60.8 Å². The van der Waals surface area contributed by atoms with Gasteiger partial charge in [0.15, 0.2) is 0 Å². The minimum absolute atomic E-state index is 0.833. The summed E-state index contributed by atoms with van der Waals surface area (Å²) in [7, 11) is 0. The molecule has 2 saturated carbocycles. The van der Waals surface area contributed by atoms with Gasteiger partial charge in [-0.25, -0.2) is 0 Å². The molecule has 0 unspecified atom stereocenters. The lowest BCUT2D eigenvalue weighted by molar-refractivity contribution is 0.350. The molecule has 0 atom stereocenters. The lowest BCUT2D eigenvalue weighted by Gasteiger charge is -2.25. The van der Waals surface area contributed by atoms with E-state index < -0.39 is 0 Å². The summed E-state index contributed by atoms with van der Waals surface area (Å²) < 4.78 is 0. The predicted octanol–water partition coefficient (Wildman–Crippen LogP) is 8.06. The molecule has 0 aliphatic heterocycles. The van der Waals surface area contributed by atoms with Crippen LogP contribution in [-0.4, -0.2) is 0 Å². The van der Waals surface area contributed by atoms with E-state index >= 15 is 0 Å². The van der Waals surface area contributed by atoms with Crippen molar-refractivity contribution >= 4 is 22.7 Å². The summed E-state index contributed by atoms with van der Waals surface area (Å²) in [6, 6.07) is 9.61. The third kappa shape index (κ3) is 3.65. The van der Waals surface area contributed by atoms with Crippen LogP contribution in [0.5, 0.6) is 0 Å². The second-order valence-corrected chi connectivity index (χ2v) is 10.5. The van der Waals surface area contributed by atoms with Crippen molar-refractivity contribution in [3.05, 3.63) is 34.0 Å². The second-order valence-electron chi connectivity index (χ2n) is 8.32. The van der Waals surface area contributed by atoms with E-state index in [0.29, 0.717) is 0 Å². The Bertz CT molecular complexity index is 591. The Morgan fingerprint density at radius 1 is 0.583 bits per heavy atom. The van der Waals surface area contributed by atoms with Gasteiger partial charge in [0.25, 0.3) is 0 Å². The summed E-state index contributed by atoms with van der Waals surface area (Å²) in [6.45, 7) is 4.82. The Labute approximate surface area is 155 Å². The van der Waals surface area contributed by atoms with E-state index in [1.165, 1.54) is 61.1 Å². The van der Waals surface area contributed by atoms with Crippen molar-refractivity contribution in [1.82, 2.24) is 0 Å². The van der Waals surface area contributed by atoms with Crippen molar-refractivity contribution in [2.45, 2.75) is 77.0 Å². The Morgan fingerprint density at radius 2 is 0.958 bits per heavy atom. The number of hydrogen-bond donors (Lipinski definition) is 0. The molecule has 2 aliphatic rings. The third-order valence-corrected chi connectivity index (χ3v) is 9.02. The van der Waals surface area contributed by atoms with Gasteiger partial charge in [-0.05, 0) is 73.6 Å². The maximum atomic E-state index is 2.42. The first kappa shape index (κ1) is 16.8. The highest BCUT2D eigenvalue weighted by atomic mass is 32.1. The van der Waals surface area contributed by atoms with Gasteiger partial charge in [0, 0.05) is 19.5 Å². The SMILES string of the molecule is CC1CCC(c2ccc(-c3ccc(C4CCC(C)CC4)s3)s2)CC1. The lowest BCUT2D eigenvalue weighted by atomic mass is 9.82. The minimum Gasteiger partial charge on any atom is -0.139 e. The number of thiophene rings is 2. The predicted molar refractivity (Wildman–Crippen MR) is 108 cm³/mol. The van der Waals surface area contributed by atoms with Crippen molar-refractivity contribution in [2.75, 3.05) is 0 Å². The lowest BCUT2D eigenvalue weighted by Crippen LogP contribution is -2.09. The molecule has 2 aromatic rings. The van der Waals surface area contributed by atoms with E-state index in [4.69, 9.17) is 0 Å². The molecular weight excluding hydrogens is 328 g/mol. The van der Waals surface area contributed by atoms with Crippen LogP contribution in [0, 0.1) is 11.8 Å². The average molecular weight is 359 g/mol. The van der Waals surface area contributed by atoms with E-state index in [1.54, 1.807) is 9.75 Å². The summed E-state index contributed by atoms with van der Waals surface area (Å²) >= 11 is 4.13. The van der Waals surface area contributed by atoms with E-state index in [-0.39, 0.29) is 0 Å². The summed E-state index contributed by atoms with van der Waals surface area (Å²) in [5.41, 5.74) is 0. The molecule has 2 fully saturated rings. The quantitative estimate of drug-likeness (QED) is 0.520. The molecule has 0 bridgehead atoms. The van der Waals surface area contributed by atoms with Crippen molar-refractivity contribution in [3.8, 4) is 9.75 Å². The van der Waals surface area contributed by atoms with Crippen molar-refractivity contribution < 1.29 is 0 Å². The van der Waals surface area contributed by atoms with Crippen LogP contribution in [-0.2, 0) is 0 Å². The molecule has 0 spiro atoms. The molecule has 0 saturated heterocycles. The molecule has 0 amide bonds. The van der Waals surface area contributed by atoms with Crippen LogP contribution in [0.15, 0.2) is 24.3 Å².